The van der Waals surface area contributed by atoms with Gasteiger partial charge in [0, 0.05) is 5.56 Å². The number of hydrogen-bond acceptors (Lipinski definition) is 1. The van der Waals surface area contributed by atoms with E-state index in [4.69, 9.17) is 11.6 Å². The standard InChI is InChI=1S/C8H5BrClFO/c1-4-2-7(11)6(9)3-5(4)8(10)12/h2-3H,1H3. The van der Waals surface area contributed by atoms with Gasteiger partial charge in [-0.1, -0.05) is 0 Å². The summed E-state index contributed by atoms with van der Waals surface area (Å²) in [6.07, 6.45) is 0. The molecule has 1 aromatic rings. The summed E-state index contributed by atoms with van der Waals surface area (Å²) in [5.41, 5.74) is 0.862. The van der Waals surface area contributed by atoms with Crippen molar-refractivity contribution in [2.24, 2.45) is 0 Å². The second-order valence-corrected chi connectivity index (χ2v) is 3.55. The number of halogens is 3. The van der Waals surface area contributed by atoms with Gasteiger partial charge in [-0.15, -0.1) is 0 Å². The lowest BCUT2D eigenvalue weighted by Crippen LogP contribution is -1.94. The van der Waals surface area contributed by atoms with Gasteiger partial charge >= 0.3 is 0 Å². The molecule has 0 fully saturated rings. The van der Waals surface area contributed by atoms with Crippen molar-refractivity contribution in [3.05, 3.63) is 33.5 Å². The van der Waals surface area contributed by atoms with Crippen LogP contribution in [0.2, 0.25) is 0 Å². The van der Waals surface area contributed by atoms with Gasteiger partial charge in [0.2, 0.25) is 0 Å². The van der Waals surface area contributed by atoms with Crippen molar-refractivity contribution in [3.63, 3.8) is 0 Å². The Kier molecular flexibility index (Phi) is 2.85. The van der Waals surface area contributed by atoms with E-state index in [1.165, 1.54) is 12.1 Å². The van der Waals surface area contributed by atoms with Crippen LogP contribution in [0.1, 0.15) is 15.9 Å². The first-order valence-electron chi connectivity index (χ1n) is 3.18. The van der Waals surface area contributed by atoms with Gasteiger partial charge in [0.1, 0.15) is 5.82 Å². The highest BCUT2D eigenvalue weighted by molar-refractivity contribution is 9.10. The summed E-state index contributed by atoms with van der Waals surface area (Å²) >= 11 is 8.21. The fraction of sp³-hybridized carbons (Fsp3) is 0.125. The monoisotopic (exact) mass is 250 g/mol. The Bertz CT molecular complexity index is 338. The molecule has 0 atom stereocenters. The largest absolute Gasteiger partial charge is 0.276 e. The van der Waals surface area contributed by atoms with Gasteiger partial charge in [-0.05, 0) is 52.2 Å². The third-order valence-electron chi connectivity index (χ3n) is 1.48. The van der Waals surface area contributed by atoms with Crippen molar-refractivity contribution in [2.45, 2.75) is 6.92 Å². The minimum absolute atomic E-state index is 0.247. The molecule has 0 unspecified atom stereocenters. The average Bonchev–Trinajstić information content (AvgIpc) is 1.96. The summed E-state index contributed by atoms with van der Waals surface area (Å²) in [6.45, 7) is 1.63. The molecule has 0 N–H and O–H groups in total. The van der Waals surface area contributed by atoms with E-state index in [1.807, 2.05) is 0 Å². The number of hydrogen-bond donors (Lipinski definition) is 0. The molecule has 0 aliphatic heterocycles. The van der Waals surface area contributed by atoms with Crippen LogP contribution in [0.4, 0.5) is 4.39 Å². The summed E-state index contributed by atoms with van der Waals surface area (Å²) in [7, 11) is 0. The van der Waals surface area contributed by atoms with E-state index in [2.05, 4.69) is 15.9 Å². The Hall–Kier alpha value is -0.410. The average molecular weight is 251 g/mol. The molecular formula is C8H5BrClFO. The van der Waals surface area contributed by atoms with Gasteiger partial charge in [0.05, 0.1) is 4.47 Å². The maximum Gasteiger partial charge on any atom is 0.252 e. The summed E-state index contributed by atoms with van der Waals surface area (Å²) < 4.78 is 13.1. The van der Waals surface area contributed by atoms with Crippen LogP contribution in [-0.2, 0) is 0 Å². The minimum atomic E-state index is -0.576. The quantitative estimate of drug-likeness (QED) is 0.700. The van der Waals surface area contributed by atoms with Crippen molar-refractivity contribution in [2.75, 3.05) is 0 Å². The normalized spacial score (nSPS) is 10.0. The summed E-state index contributed by atoms with van der Waals surface area (Å²) in [5, 5.41) is -0.576. The second kappa shape index (κ2) is 3.54. The topological polar surface area (TPSA) is 17.1 Å². The number of carbonyl (C=O) groups is 1. The molecule has 12 heavy (non-hydrogen) atoms. The Morgan fingerprint density at radius 1 is 1.58 bits per heavy atom. The van der Waals surface area contributed by atoms with Gasteiger partial charge in [0.15, 0.2) is 0 Å². The van der Waals surface area contributed by atoms with Crippen LogP contribution < -0.4 is 0 Å². The number of rotatable bonds is 1. The SMILES string of the molecule is Cc1cc(F)c(Br)cc1C(=O)Cl. The van der Waals surface area contributed by atoms with Crippen LogP contribution >= 0.6 is 27.5 Å². The maximum absolute atomic E-state index is 12.8. The van der Waals surface area contributed by atoms with Gasteiger partial charge in [-0.2, -0.15) is 0 Å². The van der Waals surface area contributed by atoms with E-state index >= 15 is 0 Å². The lowest BCUT2D eigenvalue weighted by atomic mass is 10.1. The second-order valence-electron chi connectivity index (χ2n) is 2.35. The molecule has 0 saturated heterocycles. The third-order valence-corrected chi connectivity index (χ3v) is 2.29. The lowest BCUT2D eigenvalue weighted by molar-refractivity contribution is 0.108. The molecule has 0 saturated carbocycles. The molecule has 0 aliphatic carbocycles. The van der Waals surface area contributed by atoms with Crippen molar-refractivity contribution >= 4 is 32.8 Å². The first-order chi connectivity index (χ1) is 5.52. The highest BCUT2D eigenvalue weighted by Crippen LogP contribution is 2.21. The van der Waals surface area contributed by atoms with E-state index in [-0.39, 0.29) is 4.47 Å². The molecule has 0 aromatic heterocycles. The molecule has 64 valence electrons. The third kappa shape index (κ3) is 1.84. The van der Waals surface area contributed by atoms with E-state index in [1.54, 1.807) is 6.92 Å². The Morgan fingerprint density at radius 2 is 2.17 bits per heavy atom. The zero-order valence-electron chi connectivity index (χ0n) is 6.20. The highest BCUT2D eigenvalue weighted by Gasteiger charge is 2.09. The van der Waals surface area contributed by atoms with Crippen molar-refractivity contribution in [3.8, 4) is 0 Å². The Labute approximate surface area is 82.7 Å². The van der Waals surface area contributed by atoms with Crippen LogP contribution in [0.5, 0.6) is 0 Å². The Balaban J connectivity index is 3.33. The Morgan fingerprint density at radius 3 is 2.67 bits per heavy atom. The molecule has 0 aliphatic rings. The first kappa shape index (κ1) is 9.68. The van der Waals surface area contributed by atoms with E-state index in [9.17, 15) is 9.18 Å². The van der Waals surface area contributed by atoms with Crippen molar-refractivity contribution in [1.29, 1.82) is 0 Å². The molecule has 0 amide bonds. The molecule has 1 aromatic carbocycles. The van der Waals surface area contributed by atoms with Crippen LogP contribution in [0.15, 0.2) is 16.6 Å². The predicted octanol–water partition coefficient (Wildman–Crippen LogP) is 3.28. The minimum Gasteiger partial charge on any atom is -0.276 e. The fourth-order valence-electron chi connectivity index (χ4n) is 0.858. The zero-order chi connectivity index (χ0) is 9.30. The molecule has 1 rings (SSSR count). The molecule has 0 heterocycles. The van der Waals surface area contributed by atoms with Crippen LogP contribution in [0, 0.1) is 12.7 Å². The summed E-state index contributed by atoms with van der Waals surface area (Å²) in [5.74, 6) is -0.394. The number of aryl methyl sites for hydroxylation is 1. The van der Waals surface area contributed by atoms with Crippen molar-refractivity contribution < 1.29 is 9.18 Å². The molecule has 0 spiro atoms. The number of benzene rings is 1. The van der Waals surface area contributed by atoms with Crippen molar-refractivity contribution in [1.82, 2.24) is 0 Å². The molecule has 1 nitrogen and oxygen atoms in total. The van der Waals surface area contributed by atoms with Crippen LogP contribution in [-0.4, -0.2) is 5.24 Å². The van der Waals surface area contributed by atoms with Gasteiger partial charge < -0.3 is 0 Å². The van der Waals surface area contributed by atoms with Gasteiger partial charge in [-0.25, -0.2) is 4.39 Å². The van der Waals surface area contributed by atoms with Crippen LogP contribution in [0.25, 0.3) is 0 Å². The fourth-order valence-corrected chi connectivity index (χ4v) is 1.41. The van der Waals surface area contributed by atoms with Gasteiger partial charge in [-0.3, -0.25) is 4.79 Å². The zero-order valence-corrected chi connectivity index (χ0v) is 8.54. The predicted molar refractivity (Wildman–Crippen MR) is 49.0 cm³/mol. The molecule has 4 heteroatoms. The summed E-state index contributed by atoms with van der Waals surface area (Å²) in [4.78, 5) is 10.8. The number of carbonyl (C=O) groups excluding carboxylic acids is 1. The first-order valence-corrected chi connectivity index (χ1v) is 4.35. The van der Waals surface area contributed by atoms with Crippen LogP contribution in [0.3, 0.4) is 0 Å². The smallest absolute Gasteiger partial charge is 0.252 e. The summed E-state index contributed by atoms with van der Waals surface area (Å²) in [6, 6.07) is 2.64. The van der Waals surface area contributed by atoms with Gasteiger partial charge in [0.25, 0.3) is 5.24 Å². The highest BCUT2D eigenvalue weighted by atomic mass is 79.9. The maximum atomic E-state index is 12.8. The van der Waals surface area contributed by atoms with E-state index < -0.39 is 11.1 Å². The molecule has 0 radical (unpaired) electrons. The van der Waals surface area contributed by atoms with E-state index in [0.717, 1.165) is 0 Å². The lowest BCUT2D eigenvalue weighted by Gasteiger charge is -2.01. The van der Waals surface area contributed by atoms with E-state index in [0.29, 0.717) is 11.1 Å². The molecular weight excluding hydrogens is 246 g/mol. The molecule has 0 bridgehead atoms.